The van der Waals surface area contributed by atoms with E-state index in [0.29, 0.717) is 5.11 Å². The predicted octanol–water partition coefficient (Wildman–Crippen LogP) is 4.56. The van der Waals surface area contributed by atoms with Crippen LogP contribution in [0.5, 0.6) is 0 Å². The van der Waals surface area contributed by atoms with Crippen molar-refractivity contribution in [2.24, 2.45) is 0 Å². The summed E-state index contributed by atoms with van der Waals surface area (Å²) in [6.45, 7) is 5.90. The lowest BCUT2D eigenvalue weighted by atomic mass is 10.1. The van der Waals surface area contributed by atoms with Gasteiger partial charge in [0.25, 0.3) is 0 Å². The van der Waals surface area contributed by atoms with Crippen molar-refractivity contribution in [3.8, 4) is 0 Å². The predicted molar refractivity (Wildman–Crippen MR) is 86.9 cm³/mol. The number of rotatable bonds is 2. The molecular formula is C16H17FN2S. The molecule has 0 atom stereocenters. The van der Waals surface area contributed by atoms with E-state index in [1.807, 2.05) is 39.0 Å². The third-order valence-corrected chi connectivity index (χ3v) is 3.36. The van der Waals surface area contributed by atoms with Gasteiger partial charge in [-0.3, -0.25) is 0 Å². The Balaban J connectivity index is 2.13. The maximum atomic E-state index is 13.1. The van der Waals surface area contributed by atoms with Crippen molar-refractivity contribution in [3.05, 3.63) is 58.9 Å². The van der Waals surface area contributed by atoms with Crippen molar-refractivity contribution in [1.82, 2.24) is 0 Å². The van der Waals surface area contributed by atoms with Crippen molar-refractivity contribution in [1.29, 1.82) is 0 Å². The highest BCUT2D eigenvalue weighted by Gasteiger charge is 2.06. The third kappa shape index (κ3) is 3.33. The fourth-order valence-electron chi connectivity index (χ4n) is 2.05. The maximum Gasteiger partial charge on any atom is 0.175 e. The molecule has 2 aromatic rings. The maximum absolute atomic E-state index is 13.1. The van der Waals surface area contributed by atoms with E-state index in [2.05, 4.69) is 10.6 Å². The van der Waals surface area contributed by atoms with Gasteiger partial charge in [-0.25, -0.2) is 4.39 Å². The summed E-state index contributed by atoms with van der Waals surface area (Å²) < 4.78 is 13.1. The molecule has 2 N–H and O–H groups in total. The van der Waals surface area contributed by atoms with Crippen LogP contribution in [0.1, 0.15) is 16.7 Å². The molecule has 0 saturated carbocycles. The number of nitrogens with one attached hydrogen (secondary N) is 2. The number of hydrogen-bond acceptors (Lipinski definition) is 1. The summed E-state index contributed by atoms with van der Waals surface area (Å²) in [5.41, 5.74) is 4.88. The Hall–Kier alpha value is -1.94. The molecule has 0 radical (unpaired) electrons. The molecule has 0 aliphatic heterocycles. The molecule has 2 nitrogen and oxygen atoms in total. The second-order valence-electron chi connectivity index (χ2n) is 4.81. The Morgan fingerprint density at radius 2 is 1.60 bits per heavy atom. The van der Waals surface area contributed by atoms with Crippen LogP contribution in [-0.2, 0) is 0 Å². The van der Waals surface area contributed by atoms with Gasteiger partial charge in [0.05, 0.1) is 0 Å². The van der Waals surface area contributed by atoms with Gasteiger partial charge in [-0.05, 0) is 67.9 Å². The van der Waals surface area contributed by atoms with Gasteiger partial charge in [0.2, 0.25) is 0 Å². The van der Waals surface area contributed by atoms with E-state index < -0.39 is 0 Å². The molecule has 0 bridgehead atoms. The molecule has 0 spiro atoms. The van der Waals surface area contributed by atoms with E-state index in [9.17, 15) is 4.39 Å². The number of aryl methyl sites for hydroxylation is 3. The molecule has 0 amide bonds. The summed E-state index contributed by atoms with van der Waals surface area (Å²) in [5.74, 6) is -0.248. The Bertz CT molecular complexity index is 633. The van der Waals surface area contributed by atoms with Crippen molar-refractivity contribution < 1.29 is 4.39 Å². The van der Waals surface area contributed by atoms with Crippen molar-refractivity contribution >= 4 is 28.7 Å². The SMILES string of the molecule is Cc1cc(F)ccc1NC(=S)Nc1c(C)cccc1C. The molecule has 0 unspecified atom stereocenters. The van der Waals surface area contributed by atoms with Gasteiger partial charge in [0.1, 0.15) is 5.82 Å². The van der Waals surface area contributed by atoms with Crippen LogP contribution in [-0.4, -0.2) is 5.11 Å². The summed E-state index contributed by atoms with van der Waals surface area (Å²) in [4.78, 5) is 0. The van der Waals surface area contributed by atoms with Crippen LogP contribution in [0.2, 0.25) is 0 Å². The second kappa shape index (κ2) is 6.01. The summed E-state index contributed by atoms with van der Waals surface area (Å²) >= 11 is 5.31. The molecule has 2 rings (SSSR count). The third-order valence-electron chi connectivity index (χ3n) is 3.16. The molecule has 0 fully saturated rings. The Morgan fingerprint density at radius 1 is 0.950 bits per heavy atom. The first kappa shape index (κ1) is 14.5. The highest BCUT2D eigenvalue weighted by Crippen LogP contribution is 2.21. The normalized spacial score (nSPS) is 10.2. The second-order valence-corrected chi connectivity index (χ2v) is 5.21. The van der Waals surface area contributed by atoms with Gasteiger partial charge in [-0.2, -0.15) is 0 Å². The van der Waals surface area contributed by atoms with E-state index >= 15 is 0 Å². The monoisotopic (exact) mass is 288 g/mol. The topological polar surface area (TPSA) is 24.1 Å². The van der Waals surface area contributed by atoms with Crippen LogP contribution < -0.4 is 10.6 Å². The first-order valence-electron chi connectivity index (χ1n) is 6.38. The molecule has 104 valence electrons. The molecule has 0 aliphatic carbocycles. The fraction of sp³-hybridized carbons (Fsp3) is 0.188. The van der Waals surface area contributed by atoms with Crippen LogP contribution in [0.3, 0.4) is 0 Å². The molecule has 0 saturated heterocycles. The lowest BCUT2D eigenvalue weighted by Gasteiger charge is -2.15. The number of thiocarbonyl (C=S) groups is 1. The van der Waals surface area contributed by atoms with Gasteiger partial charge in [0, 0.05) is 11.4 Å². The lowest BCUT2D eigenvalue weighted by Crippen LogP contribution is -2.20. The highest BCUT2D eigenvalue weighted by atomic mass is 32.1. The minimum absolute atomic E-state index is 0.248. The summed E-state index contributed by atoms with van der Waals surface area (Å²) in [7, 11) is 0. The quantitative estimate of drug-likeness (QED) is 0.792. The summed E-state index contributed by atoms with van der Waals surface area (Å²) in [6.07, 6.45) is 0. The highest BCUT2D eigenvalue weighted by molar-refractivity contribution is 7.80. The first-order chi connectivity index (χ1) is 9.47. The Labute approximate surface area is 124 Å². The summed E-state index contributed by atoms with van der Waals surface area (Å²) in [6, 6.07) is 10.6. The Morgan fingerprint density at radius 3 is 2.20 bits per heavy atom. The van der Waals surface area contributed by atoms with Crippen LogP contribution in [0.4, 0.5) is 15.8 Å². The smallest absolute Gasteiger partial charge is 0.175 e. The minimum Gasteiger partial charge on any atom is -0.332 e. The molecule has 2 aromatic carbocycles. The number of benzene rings is 2. The molecule has 4 heteroatoms. The summed E-state index contributed by atoms with van der Waals surface area (Å²) in [5, 5.41) is 6.79. The van der Waals surface area contributed by atoms with Gasteiger partial charge in [0.15, 0.2) is 5.11 Å². The van der Waals surface area contributed by atoms with Crippen molar-refractivity contribution in [2.45, 2.75) is 20.8 Å². The number of para-hydroxylation sites is 1. The van der Waals surface area contributed by atoms with Gasteiger partial charge in [-0.15, -0.1) is 0 Å². The number of anilines is 2. The molecule has 0 aliphatic rings. The van der Waals surface area contributed by atoms with E-state index in [-0.39, 0.29) is 5.82 Å². The first-order valence-corrected chi connectivity index (χ1v) is 6.78. The fourth-order valence-corrected chi connectivity index (χ4v) is 2.26. The van der Waals surface area contributed by atoms with Crippen LogP contribution >= 0.6 is 12.2 Å². The van der Waals surface area contributed by atoms with E-state index in [4.69, 9.17) is 12.2 Å². The largest absolute Gasteiger partial charge is 0.332 e. The van der Waals surface area contributed by atoms with Gasteiger partial charge < -0.3 is 10.6 Å². The van der Waals surface area contributed by atoms with Crippen LogP contribution in [0.15, 0.2) is 36.4 Å². The van der Waals surface area contributed by atoms with Crippen molar-refractivity contribution in [3.63, 3.8) is 0 Å². The zero-order valence-electron chi connectivity index (χ0n) is 11.8. The van der Waals surface area contributed by atoms with Crippen LogP contribution in [0, 0.1) is 26.6 Å². The minimum atomic E-state index is -0.248. The number of hydrogen-bond donors (Lipinski definition) is 2. The van der Waals surface area contributed by atoms with E-state index in [0.717, 1.165) is 28.1 Å². The standard InChI is InChI=1S/C16H17FN2S/c1-10-5-4-6-11(2)15(10)19-16(20)18-14-8-7-13(17)9-12(14)3/h4-9H,1-3H3,(H2,18,19,20). The molecule has 20 heavy (non-hydrogen) atoms. The molecule has 0 heterocycles. The van der Waals surface area contributed by atoms with E-state index in [1.165, 1.54) is 12.1 Å². The average Bonchev–Trinajstić information content (AvgIpc) is 2.37. The molecular weight excluding hydrogens is 271 g/mol. The van der Waals surface area contributed by atoms with Gasteiger partial charge >= 0.3 is 0 Å². The van der Waals surface area contributed by atoms with E-state index in [1.54, 1.807) is 6.07 Å². The van der Waals surface area contributed by atoms with Crippen molar-refractivity contribution in [2.75, 3.05) is 10.6 Å². The van der Waals surface area contributed by atoms with Crippen LogP contribution in [0.25, 0.3) is 0 Å². The Kier molecular flexibility index (Phi) is 4.35. The number of halogens is 1. The lowest BCUT2D eigenvalue weighted by molar-refractivity contribution is 0.627. The zero-order chi connectivity index (χ0) is 14.7. The molecule has 0 aromatic heterocycles. The van der Waals surface area contributed by atoms with Gasteiger partial charge in [-0.1, -0.05) is 18.2 Å². The average molecular weight is 288 g/mol. The zero-order valence-corrected chi connectivity index (χ0v) is 12.6.